The standard InChI is InChI=1S/2C14H8N2/c1-3-9-7-8-10-4-2-6-12-14(10)13(9)11(5-1)15-16-12;1-2-10-6-8-16-12-4-3-11-13(14(10)12)9(1)5-7-15-11/h2*1-8H. The molecule has 0 unspecified atom stereocenters. The van der Waals surface area contributed by atoms with Gasteiger partial charge in [-0.1, -0.05) is 48.5 Å². The molecule has 0 aliphatic heterocycles. The lowest BCUT2D eigenvalue weighted by Crippen LogP contribution is -1.89. The first-order valence-electron chi connectivity index (χ1n) is 10.6. The van der Waals surface area contributed by atoms with E-state index in [9.17, 15) is 0 Å². The van der Waals surface area contributed by atoms with Gasteiger partial charge in [-0.2, -0.15) is 0 Å². The molecule has 0 aliphatic carbocycles. The maximum atomic E-state index is 4.41. The van der Waals surface area contributed by atoms with E-state index < -0.39 is 0 Å². The van der Waals surface area contributed by atoms with Gasteiger partial charge in [-0.05, 0) is 57.9 Å². The third-order valence-electron chi connectivity index (χ3n) is 6.22. The van der Waals surface area contributed by atoms with Crippen molar-refractivity contribution in [3.63, 3.8) is 0 Å². The van der Waals surface area contributed by atoms with Crippen LogP contribution >= 0.6 is 0 Å². The van der Waals surface area contributed by atoms with Gasteiger partial charge >= 0.3 is 0 Å². The number of benzene rings is 5. The monoisotopic (exact) mass is 408 g/mol. The van der Waals surface area contributed by atoms with Crippen LogP contribution in [-0.4, -0.2) is 20.2 Å². The topological polar surface area (TPSA) is 51.6 Å². The van der Waals surface area contributed by atoms with E-state index in [2.05, 4.69) is 56.6 Å². The van der Waals surface area contributed by atoms with Crippen molar-refractivity contribution < 1.29 is 0 Å². The molecule has 0 bridgehead atoms. The number of rotatable bonds is 0. The molecule has 0 radical (unpaired) electrons. The van der Waals surface area contributed by atoms with Gasteiger partial charge in [0.25, 0.3) is 0 Å². The molecule has 32 heavy (non-hydrogen) atoms. The molecule has 0 aliphatic rings. The Morgan fingerprint density at radius 1 is 0.344 bits per heavy atom. The molecular formula is C28H16N4. The zero-order valence-corrected chi connectivity index (χ0v) is 17.0. The van der Waals surface area contributed by atoms with Crippen molar-refractivity contribution in [2.45, 2.75) is 0 Å². The number of pyridine rings is 2. The summed E-state index contributed by atoms with van der Waals surface area (Å²) in [5, 5.41) is 18.4. The van der Waals surface area contributed by atoms with Gasteiger partial charge in [-0.15, -0.1) is 10.2 Å². The lowest BCUT2D eigenvalue weighted by molar-refractivity contribution is 1.12. The summed E-state index contributed by atoms with van der Waals surface area (Å²) in [6.07, 6.45) is 3.71. The van der Waals surface area contributed by atoms with Gasteiger partial charge in [0, 0.05) is 33.9 Å². The first-order chi connectivity index (χ1) is 15.9. The average molecular weight is 408 g/mol. The SMILES string of the molecule is c1cc2ccc3cccc4nnc(c1)c2c34.c1cc2ccc3ccnc4ccc(n1)c2c34. The quantitative estimate of drug-likeness (QED) is 0.261. The van der Waals surface area contributed by atoms with E-state index in [0.717, 1.165) is 22.1 Å². The molecule has 8 rings (SSSR count). The summed E-state index contributed by atoms with van der Waals surface area (Å²) in [4.78, 5) is 8.81. The van der Waals surface area contributed by atoms with Crippen LogP contribution in [0.4, 0.5) is 0 Å². The summed E-state index contributed by atoms with van der Waals surface area (Å²) < 4.78 is 0. The Kier molecular flexibility index (Phi) is 3.52. The first-order valence-corrected chi connectivity index (χ1v) is 10.6. The molecular weight excluding hydrogens is 392 g/mol. The molecule has 0 atom stereocenters. The summed E-state index contributed by atoms with van der Waals surface area (Å²) in [5.74, 6) is 0. The fraction of sp³-hybridized carbons (Fsp3) is 0. The smallest absolute Gasteiger partial charge is 0.0942 e. The molecule has 4 nitrogen and oxygen atoms in total. The number of aromatic nitrogens is 4. The Morgan fingerprint density at radius 2 is 0.750 bits per heavy atom. The minimum absolute atomic E-state index is 0.974. The fourth-order valence-electron chi connectivity index (χ4n) is 4.79. The van der Waals surface area contributed by atoms with Crippen LogP contribution in [0.15, 0.2) is 97.3 Å². The van der Waals surface area contributed by atoms with Crippen LogP contribution in [0, 0.1) is 0 Å². The largest absolute Gasteiger partial charge is 0.256 e. The van der Waals surface area contributed by atoms with E-state index >= 15 is 0 Å². The predicted molar refractivity (Wildman–Crippen MR) is 131 cm³/mol. The fourth-order valence-corrected chi connectivity index (χ4v) is 4.79. The summed E-state index contributed by atoms with van der Waals surface area (Å²) in [6.45, 7) is 0. The summed E-state index contributed by atoms with van der Waals surface area (Å²) in [5.41, 5.74) is 4.04. The van der Waals surface area contributed by atoms with Gasteiger partial charge in [0.15, 0.2) is 0 Å². The molecule has 148 valence electrons. The first kappa shape index (κ1) is 17.3. The molecule has 0 amide bonds. The lowest BCUT2D eigenvalue weighted by atomic mass is 10.00. The Balaban J connectivity index is 0.000000113. The Labute approximate surface area is 182 Å². The van der Waals surface area contributed by atoms with Crippen LogP contribution in [0.25, 0.3) is 65.2 Å². The van der Waals surface area contributed by atoms with E-state index in [1.54, 1.807) is 0 Å². The molecule has 4 heteroatoms. The van der Waals surface area contributed by atoms with E-state index in [4.69, 9.17) is 0 Å². The summed E-state index contributed by atoms with van der Waals surface area (Å²) in [6, 6.07) is 29.1. The van der Waals surface area contributed by atoms with Crippen molar-refractivity contribution in [2.24, 2.45) is 0 Å². The van der Waals surface area contributed by atoms with E-state index in [1.807, 2.05) is 60.9 Å². The van der Waals surface area contributed by atoms with Gasteiger partial charge in [-0.25, -0.2) is 0 Å². The maximum absolute atomic E-state index is 4.41. The maximum Gasteiger partial charge on any atom is 0.0942 e. The molecule has 0 N–H and O–H groups in total. The highest BCUT2D eigenvalue weighted by atomic mass is 15.1. The summed E-state index contributed by atoms with van der Waals surface area (Å²) >= 11 is 0. The zero-order chi connectivity index (χ0) is 21.1. The summed E-state index contributed by atoms with van der Waals surface area (Å²) in [7, 11) is 0. The molecule has 0 saturated heterocycles. The van der Waals surface area contributed by atoms with Crippen molar-refractivity contribution in [1.29, 1.82) is 0 Å². The highest BCUT2D eigenvalue weighted by Gasteiger charge is 2.09. The Bertz CT molecular complexity index is 1490. The molecule has 5 aromatic carbocycles. The van der Waals surface area contributed by atoms with Crippen LogP contribution in [0.1, 0.15) is 0 Å². The molecule has 8 aromatic rings. The van der Waals surface area contributed by atoms with Gasteiger partial charge in [-0.3, -0.25) is 9.97 Å². The third kappa shape index (κ3) is 2.44. The normalized spacial score (nSPS) is 11.8. The van der Waals surface area contributed by atoms with Crippen molar-refractivity contribution in [3.8, 4) is 0 Å². The molecule has 3 aromatic heterocycles. The van der Waals surface area contributed by atoms with Gasteiger partial charge in [0.05, 0.1) is 22.1 Å². The molecule has 0 fully saturated rings. The zero-order valence-electron chi connectivity index (χ0n) is 17.0. The van der Waals surface area contributed by atoms with Crippen LogP contribution in [0.3, 0.4) is 0 Å². The van der Waals surface area contributed by atoms with Gasteiger partial charge in [0.1, 0.15) is 0 Å². The highest BCUT2D eigenvalue weighted by molar-refractivity contribution is 6.21. The highest BCUT2D eigenvalue weighted by Crippen LogP contribution is 2.32. The molecule has 3 heterocycles. The predicted octanol–water partition coefficient (Wildman–Crippen LogP) is 6.75. The molecule has 0 saturated carbocycles. The van der Waals surface area contributed by atoms with Gasteiger partial charge in [0.2, 0.25) is 0 Å². The molecule has 0 spiro atoms. The Hall–Kier alpha value is -4.44. The second-order valence-corrected chi connectivity index (χ2v) is 8.00. The number of nitrogens with zero attached hydrogens (tertiary/aromatic N) is 4. The van der Waals surface area contributed by atoms with Crippen molar-refractivity contribution in [3.05, 3.63) is 97.3 Å². The van der Waals surface area contributed by atoms with E-state index in [1.165, 1.54) is 43.1 Å². The van der Waals surface area contributed by atoms with Gasteiger partial charge < -0.3 is 0 Å². The van der Waals surface area contributed by atoms with Crippen LogP contribution < -0.4 is 0 Å². The minimum atomic E-state index is 0.974. The van der Waals surface area contributed by atoms with Crippen molar-refractivity contribution in [2.75, 3.05) is 0 Å². The van der Waals surface area contributed by atoms with Crippen LogP contribution in [-0.2, 0) is 0 Å². The third-order valence-corrected chi connectivity index (χ3v) is 6.22. The number of hydrogen-bond acceptors (Lipinski definition) is 4. The van der Waals surface area contributed by atoms with Crippen LogP contribution in [0.2, 0.25) is 0 Å². The van der Waals surface area contributed by atoms with E-state index in [-0.39, 0.29) is 0 Å². The van der Waals surface area contributed by atoms with Crippen molar-refractivity contribution in [1.82, 2.24) is 20.2 Å². The minimum Gasteiger partial charge on any atom is -0.256 e. The second-order valence-electron chi connectivity index (χ2n) is 8.00. The average Bonchev–Trinajstić information content (AvgIpc) is 2.87. The Morgan fingerprint density at radius 3 is 1.22 bits per heavy atom. The number of hydrogen-bond donors (Lipinski definition) is 0. The van der Waals surface area contributed by atoms with E-state index in [0.29, 0.717) is 0 Å². The van der Waals surface area contributed by atoms with Crippen molar-refractivity contribution >= 4 is 65.2 Å². The lowest BCUT2D eigenvalue weighted by Gasteiger charge is -2.08. The second kappa shape index (κ2) is 6.53. The van der Waals surface area contributed by atoms with Crippen LogP contribution in [0.5, 0.6) is 0 Å².